The van der Waals surface area contributed by atoms with E-state index in [-0.39, 0.29) is 50.1 Å². The standard InChI is InChI=1S/C31H48F2N4O3Si/c1-28(2,3)31-14-11-20(36-31)16-37(17-31)26-23-24(21(32)15-22(33)25(23)38-7)34-27(35-26)39-18-30(12-10-13-30)19-40-41(8,9)29(4,5)6/h15,20,36H,10-14,16-19H2,1-9H3. The summed E-state index contributed by atoms with van der Waals surface area (Å²) in [5.41, 5.74) is -0.273. The van der Waals surface area contributed by atoms with E-state index in [1.165, 1.54) is 7.11 Å². The van der Waals surface area contributed by atoms with E-state index in [0.717, 1.165) is 38.2 Å². The highest BCUT2D eigenvalue weighted by Crippen LogP contribution is 2.47. The van der Waals surface area contributed by atoms with E-state index in [0.29, 0.717) is 32.1 Å². The summed E-state index contributed by atoms with van der Waals surface area (Å²) in [6.07, 6.45) is 5.19. The van der Waals surface area contributed by atoms with Crippen LogP contribution >= 0.6 is 0 Å². The smallest absolute Gasteiger partial charge is 0.319 e. The molecule has 2 bridgehead atoms. The molecule has 2 atom stereocenters. The van der Waals surface area contributed by atoms with Crippen LogP contribution < -0.4 is 19.7 Å². The van der Waals surface area contributed by atoms with Gasteiger partial charge in [0.25, 0.3) is 0 Å². The lowest BCUT2D eigenvalue weighted by Gasteiger charge is -2.49. The van der Waals surface area contributed by atoms with Crippen LogP contribution in [0.25, 0.3) is 10.9 Å². The van der Waals surface area contributed by atoms with Crippen LogP contribution in [0.2, 0.25) is 18.1 Å². The topological polar surface area (TPSA) is 68.7 Å². The van der Waals surface area contributed by atoms with E-state index < -0.39 is 20.0 Å². The molecule has 0 amide bonds. The first-order valence-corrected chi connectivity index (χ1v) is 17.9. The summed E-state index contributed by atoms with van der Waals surface area (Å²) in [5.74, 6) is -1.11. The number of hydrogen-bond acceptors (Lipinski definition) is 7. The summed E-state index contributed by atoms with van der Waals surface area (Å²) >= 11 is 0. The number of nitrogens with zero attached hydrogens (tertiary/aromatic N) is 3. The molecule has 7 nitrogen and oxygen atoms in total. The fourth-order valence-corrected chi connectivity index (χ4v) is 7.41. The van der Waals surface area contributed by atoms with Gasteiger partial charge < -0.3 is 24.1 Å². The summed E-state index contributed by atoms with van der Waals surface area (Å²) in [4.78, 5) is 11.5. The van der Waals surface area contributed by atoms with Crippen molar-refractivity contribution in [1.82, 2.24) is 15.3 Å². The summed E-state index contributed by atoms with van der Waals surface area (Å²) in [6, 6.07) is 1.20. The molecule has 41 heavy (non-hydrogen) atoms. The van der Waals surface area contributed by atoms with Crippen LogP contribution in [0.15, 0.2) is 6.07 Å². The zero-order chi connectivity index (χ0) is 30.0. The Morgan fingerprint density at radius 3 is 2.34 bits per heavy atom. The minimum Gasteiger partial charge on any atom is -0.493 e. The molecule has 2 saturated heterocycles. The van der Waals surface area contributed by atoms with Gasteiger partial charge in [0.1, 0.15) is 11.3 Å². The van der Waals surface area contributed by atoms with Crippen LogP contribution in [0, 0.1) is 22.5 Å². The minimum absolute atomic E-state index is 0.0131. The van der Waals surface area contributed by atoms with Crippen molar-refractivity contribution < 1.29 is 22.7 Å². The second-order valence-corrected chi connectivity index (χ2v) is 20.0. The third-order valence-corrected chi connectivity index (χ3v) is 15.0. The summed E-state index contributed by atoms with van der Waals surface area (Å²) in [5, 5.41) is 4.22. The van der Waals surface area contributed by atoms with Crippen LogP contribution in [0.5, 0.6) is 11.8 Å². The van der Waals surface area contributed by atoms with Gasteiger partial charge in [-0.3, -0.25) is 0 Å². The molecule has 2 unspecified atom stereocenters. The van der Waals surface area contributed by atoms with Crippen LogP contribution in [0.3, 0.4) is 0 Å². The summed E-state index contributed by atoms with van der Waals surface area (Å²) < 4.78 is 48.7. The van der Waals surface area contributed by atoms with E-state index >= 15 is 4.39 Å². The monoisotopic (exact) mass is 590 g/mol. The van der Waals surface area contributed by atoms with Gasteiger partial charge in [-0.2, -0.15) is 9.97 Å². The van der Waals surface area contributed by atoms with Crippen LogP contribution in [-0.4, -0.2) is 63.3 Å². The van der Waals surface area contributed by atoms with E-state index in [2.05, 4.69) is 69.8 Å². The zero-order valence-electron chi connectivity index (χ0n) is 26.3. The predicted octanol–water partition coefficient (Wildman–Crippen LogP) is 6.84. The molecule has 1 saturated carbocycles. The Labute approximate surface area is 244 Å². The highest BCUT2D eigenvalue weighted by Gasteiger charge is 2.52. The molecule has 1 N–H and O–H groups in total. The van der Waals surface area contributed by atoms with Gasteiger partial charge in [0.05, 0.1) is 19.1 Å². The molecule has 3 heterocycles. The third kappa shape index (κ3) is 5.44. The third-order valence-electron chi connectivity index (χ3n) is 10.5. The summed E-state index contributed by atoms with van der Waals surface area (Å²) in [7, 11) is -0.531. The molecular weight excluding hydrogens is 542 g/mol. The van der Waals surface area contributed by atoms with Crippen molar-refractivity contribution in [2.45, 2.75) is 103 Å². The second-order valence-electron chi connectivity index (χ2n) is 15.2. The minimum atomic E-state index is -1.92. The number of piperazine rings is 1. The number of benzene rings is 1. The van der Waals surface area contributed by atoms with Crippen molar-refractivity contribution in [3.63, 3.8) is 0 Å². The maximum atomic E-state index is 15.3. The van der Waals surface area contributed by atoms with Crippen LogP contribution in [-0.2, 0) is 4.43 Å². The lowest BCUT2D eigenvalue weighted by atomic mass is 9.70. The molecule has 0 radical (unpaired) electrons. The molecule has 2 aliphatic heterocycles. The second kappa shape index (κ2) is 10.3. The molecular formula is C31H48F2N4O3Si. The SMILES string of the molecule is COc1c(F)cc(F)c2nc(OCC3(CO[Si](C)(C)C(C)(C)C)CCC3)nc(N3CC4CCC(C(C)(C)C)(C3)N4)c12. The molecule has 1 aromatic heterocycles. The highest BCUT2D eigenvalue weighted by molar-refractivity contribution is 6.74. The van der Waals surface area contributed by atoms with Gasteiger partial charge in [0.15, 0.2) is 25.7 Å². The number of fused-ring (bicyclic) bond motifs is 3. The highest BCUT2D eigenvalue weighted by atomic mass is 28.4. The molecule has 228 valence electrons. The van der Waals surface area contributed by atoms with E-state index in [1.807, 2.05) is 0 Å². The predicted molar refractivity (Wildman–Crippen MR) is 161 cm³/mol. The van der Waals surface area contributed by atoms with Gasteiger partial charge >= 0.3 is 6.01 Å². The Morgan fingerprint density at radius 1 is 1.05 bits per heavy atom. The number of ether oxygens (including phenoxy) is 2. The fraction of sp³-hybridized carbons (Fsp3) is 0.742. The quantitative estimate of drug-likeness (QED) is 0.338. The van der Waals surface area contributed by atoms with Gasteiger partial charge in [0, 0.05) is 42.8 Å². The first-order valence-electron chi connectivity index (χ1n) is 15.0. The lowest BCUT2D eigenvalue weighted by molar-refractivity contribution is 0.00203. The summed E-state index contributed by atoms with van der Waals surface area (Å²) in [6.45, 7) is 20.3. The number of methoxy groups -OCH3 is 1. The van der Waals surface area contributed by atoms with Crippen molar-refractivity contribution in [2.75, 3.05) is 38.3 Å². The average Bonchev–Trinajstić information content (AvgIpc) is 3.17. The lowest BCUT2D eigenvalue weighted by Crippen LogP contribution is -2.65. The van der Waals surface area contributed by atoms with Crippen LogP contribution in [0.4, 0.5) is 14.6 Å². The number of nitrogens with one attached hydrogen (secondary N) is 1. The van der Waals surface area contributed by atoms with Gasteiger partial charge in [-0.25, -0.2) is 8.78 Å². The van der Waals surface area contributed by atoms with Crippen molar-refractivity contribution in [2.24, 2.45) is 10.8 Å². The molecule has 0 spiro atoms. The maximum Gasteiger partial charge on any atom is 0.319 e. The first kappa shape index (κ1) is 30.4. The molecule has 2 aromatic rings. The Bertz CT molecular complexity index is 1310. The Balaban J connectivity index is 1.50. The first-order chi connectivity index (χ1) is 19.0. The number of aromatic nitrogens is 2. The van der Waals surface area contributed by atoms with E-state index in [4.69, 9.17) is 18.9 Å². The van der Waals surface area contributed by atoms with E-state index in [9.17, 15) is 4.39 Å². The number of rotatable bonds is 8. The number of anilines is 1. The maximum absolute atomic E-state index is 15.3. The van der Waals surface area contributed by atoms with Crippen molar-refractivity contribution >= 4 is 25.0 Å². The van der Waals surface area contributed by atoms with Gasteiger partial charge in [-0.05, 0) is 49.2 Å². The Kier molecular flexibility index (Phi) is 7.64. The van der Waals surface area contributed by atoms with Gasteiger partial charge in [-0.1, -0.05) is 48.0 Å². The molecule has 5 rings (SSSR count). The van der Waals surface area contributed by atoms with Crippen molar-refractivity contribution in [3.8, 4) is 11.8 Å². The molecule has 3 fully saturated rings. The van der Waals surface area contributed by atoms with Gasteiger partial charge in [-0.15, -0.1) is 0 Å². The molecule has 1 aromatic carbocycles. The molecule has 1 aliphatic carbocycles. The number of halogens is 2. The normalized spacial score (nSPS) is 24.5. The van der Waals surface area contributed by atoms with Crippen molar-refractivity contribution in [3.05, 3.63) is 17.7 Å². The molecule has 3 aliphatic rings. The largest absolute Gasteiger partial charge is 0.493 e. The Morgan fingerprint density at radius 2 is 1.76 bits per heavy atom. The van der Waals surface area contributed by atoms with Crippen molar-refractivity contribution in [1.29, 1.82) is 0 Å². The molecule has 10 heteroatoms. The van der Waals surface area contributed by atoms with Crippen LogP contribution in [0.1, 0.15) is 73.6 Å². The van der Waals surface area contributed by atoms with E-state index in [1.54, 1.807) is 0 Å². The van der Waals surface area contributed by atoms with Gasteiger partial charge in [0.2, 0.25) is 0 Å². The number of hydrogen-bond donors (Lipinski definition) is 1. The fourth-order valence-electron chi connectivity index (χ4n) is 6.31. The Hall–Kier alpha value is -2.04. The average molecular weight is 591 g/mol. The zero-order valence-corrected chi connectivity index (χ0v) is 27.3.